The average molecular weight is 285 g/mol. The maximum absolute atomic E-state index is 11.1. The number of fused-ring (bicyclic) bond motifs is 1. The van der Waals surface area contributed by atoms with Crippen LogP contribution in [0, 0.1) is 16.0 Å². The first kappa shape index (κ1) is 13.8. The molecular weight excluding hydrogens is 266 g/mol. The lowest BCUT2D eigenvalue weighted by molar-refractivity contribution is -0.383. The molecule has 5 heteroatoms. The first-order chi connectivity index (χ1) is 10.2. The summed E-state index contributed by atoms with van der Waals surface area (Å²) in [5, 5.41) is 16.2. The summed E-state index contributed by atoms with van der Waals surface area (Å²) in [5.74, 6) is 0.630. The Bertz CT molecular complexity index is 672. The number of nitrogens with one attached hydrogen (secondary N) is 1. The van der Waals surface area contributed by atoms with Crippen LogP contribution in [0.1, 0.15) is 32.6 Å². The summed E-state index contributed by atoms with van der Waals surface area (Å²) >= 11 is 0. The van der Waals surface area contributed by atoms with Crippen molar-refractivity contribution in [2.24, 2.45) is 5.92 Å². The summed E-state index contributed by atoms with van der Waals surface area (Å²) in [4.78, 5) is 14.8. The molecule has 3 rings (SSSR count). The van der Waals surface area contributed by atoms with E-state index in [1.807, 2.05) is 12.1 Å². The number of nitrogens with zero attached hydrogens (tertiary/aromatic N) is 2. The zero-order valence-electron chi connectivity index (χ0n) is 12.1. The lowest BCUT2D eigenvalue weighted by atomic mass is 9.85. The molecule has 1 heterocycles. The molecule has 1 aliphatic carbocycles. The summed E-state index contributed by atoms with van der Waals surface area (Å²) < 4.78 is 0. The number of non-ortho nitro benzene ring substituents is 1. The van der Waals surface area contributed by atoms with Gasteiger partial charge in [-0.05, 0) is 30.9 Å². The Morgan fingerprint density at radius 2 is 2.05 bits per heavy atom. The second-order valence-corrected chi connectivity index (χ2v) is 5.82. The van der Waals surface area contributed by atoms with Crippen LogP contribution in [-0.4, -0.2) is 15.9 Å². The Morgan fingerprint density at radius 1 is 1.24 bits per heavy atom. The van der Waals surface area contributed by atoms with Gasteiger partial charge in [0.25, 0.3) is 5.69 Å². The monoisotopic (exact) mass is 285 g/mol. The Labute approximate surface area is 123 Å². The Kier molecular flexibility index (Phi) is 3.73. The lowest BCUT2D eigenvalue weighted by Crippen LogP contribution is -2.30. The number of aromatic nitrogens is 1. The topological polar surface area (TPSA) is 68.1 Å². The van der Waals surface area contributed by atoms with Crippen LogP contribution in [0.4, 0.5) is 11.4 Å². The van der Waals surface area contributed by atoms with Gasteiger partial charge in [-0.3, -0.25) is 15.1 Å². The van der Waals surface area contributed by atoms with E-state index in [1.165, 1.54) is 19.3 Å². The van der Waals surface area contributed by atoms with Crippen molar-refractivity contribution in [3.05, 3.63) is 40.7 Å². The smallest absolute Gasteiger partial charge is 0.278 e. The number of anilines is 1. The molecule has 110 valence electrons. The fourth-order valence-electron chi connectivity index (χ4n) is 3.19. The minimum atomic E-state index is -0.350. The van der Waals surface area contributed by atoms with Crippen LogP contribution in [0.15, 0.2) is 30.6 Å². The molecular formula is C16H19N3O2. The van der Waals surface area contributed by atoms with Crippen LogP contribution in [0.5, 0.6) is 0 Å². The van der Waals surface area contributed by atoms with Gasteiger partial charge in [0.2, 0.25) is 0 Å². The highest BCUT2D eigenvalue weighted by Crippen LogP contribution is 2.33. The number of hydrogen-bond donors (Lipinski definition) is 1. The molecule has 21 heavy (non-hydrogen) atoms. The fourth-order valence-corrected chi connectivity index (χ4v) is 3.19. The molecule has 1 saturated carbocycles. The molecule has 0 bridgehead atoms. The van der Waals surface area contributed by atoms with Crippen molar-refractivity contribution in [2.45, 2.75) is 38.6 Å². The SMILES string of the molecule is C[C@H]1CCCC[C@@H]1Nc1ccc([N+](=O)[O-])c2cnccc12. The molecule has 0 radical (unpaired) electrons. The van der Waals surface area contributed by atoms with E-state index in [2.05, 4.69) is 17.2 Å². The van der Waals surface area contributed by atoms with Crippen molar-refractivity contribution in [3.8, 4) is 0 Å². The first-order valence-corrected chi connectivity index (χ1v) is 7.44. The predicted molar refractivity (Wildman–Crippen MR) is 83.4 cm³/mol. The van der Waals surface area contributed by atoms with Crippen molar-refractivity contribution in [3.63, 3.8) is 0 Å². The summed E-state index contributed by atoms with van der Waals surface area (Å²) in [6.07, 6.45) is 8.19. The van der Waals surface area contributed by atoms with Crippen LogP contribution in [0.2, 0.25) is 0 Å². The number of benzene rings is 1. The third-order valence-corrected chi connectivity index (χ3v) is 4.44. The van der Waals surface area contributed by atoms with E-state index in [1.54, 1.807) is 18.5 Å². The Balaban J connectivity index is 1.99. The fraction of sp³-hybridized carbons (Fsp3) is 0.438. The molecule has 0 aliphatic heterocycles. The molecule has 0 amide bonds. The molecule has 1 N–H and O–H groups in total. The molecule has 0 spiro atoms. The van der Waals surface area contributed by atoms with Gasteiger partial charge in [-0.25, -0.2) is 0 Å². The molecule has 1 fully saturated rings. The van der Waals surface area contributed by atoms with E-state index in [0.717, 1.165) is 17.5 Å². The van der Waals surface area contributed by atoms with Gasteiger partial charge in [0.15, 0.2) is 0 Å². The molecule has 0 saturated heterocycles. The molecule has 0 unspecified atom stereocenters. The Hall–Kier alpha value is -2.17. The quantitative estimate of drug-likeness (QED) is 0.680. The number of nitro groups is 1. The van der Waals surface area contributed by atoms with E-state index in [9.17, 15) is 10.1 Å². The highest BCUT2D eigenvalue weighted by Gasteiger charge is 2.22. The average Bonchev–Trinajstić information content (AvgIpc) is 2.49. The van der Waals surface area contributed by atoms with Gasteiger partial charge in [-0.2, -0.15) is 0 Å². The number of pyridine rings is 1. The standard InChI is InChI=1S/C16H19N3O2/c1-11-4-2-3-5-14(11)18-15-6-7-16(19(20)21)13-10-17-9-8-12(13)15/h6-11,14,18H,2-5H2,1H3/t11-,14-/m0/s1. The zero-order chi connectivity index (χ0) is 14.8. The largest absolute Gasteiger partial charge is 0.382 e. The number of rotatable bonds is 3. The van der Waals surface area contributed by atoms with Crippen molar-refractivity contribution in [2.75, 3.05) is 5.32 Å². The minimum absolute atomic E-state index is 0.111. The van der Waals surface area contributed by atoms with E-state index in [4.69, 9.17) is 0 Å². The second-order valence-electron chi connectivity index (χ2n) is 5.82. The molecule has 2 atom stereocenters. The zero-order valence-corrected chi connectivity index (χ0v) is 12.1. The van der Waals surface area contributed by atoms with Crippen LogP contribution in [0.25, 0.3) is 10.8 Å². The van der Waals surface area contributed by atoms with E-state index >= 15 is 0 Å². The molecule has 2 aromatic rings. The highest BCUT2D eigenvalue weighted by molar-refractivity contribution is 5.99. The van der Waals surface area contributed by atoms with E-state index in [-0.39, 0.29) is 10.6 Å². The van der Waals surface area contributed by atoms with Crippen molar-refractivity contribution in [1.29, 1.82) is 0 Å². The van der Waals surface area contributed by atoms with Gasteiger partial charge in [0.05, 0.1) is 10.3 Å². The summed E-state index contributed by atoms with van der Waals surface area (Å²) in [5.41, 5.74) is 1.08. The van der Waals surface area contributed by atoms with Crippen molar-refractivity contribution in [1.82, 2.24) is 4.98 Å². The molecule has 1 aromatic heterocycles. The lowest BCUT2D eigenvalue weighted by Gasteiger charge is -2.30. The van der Waals surface area contributed by atoms with Crippen LogP contribution in [-0.2, 0) is 0 Å². The summed E-state index contributed by atoms with van der Waals surface area (Å²) in [7, 11) is 0. The van der Waals surface area contributed by atoms with Gasteiger partial charge in [0.1, 0.15) is 0 Å². The third-order valence-electron chi connectivity index (χ3n) is 4.44. The molecule has 1 aromatic carbocycles. The van der Waals surface area contributed by atoms with Gasteiger partial charge in [0, 0.05) is 35.6 Å². The number of hydrogen-bond acceptors (Lipinski definition) is 4. The highest BCUT2D eigenvalue weighted by atomic mass is 16.6. The van der Waals surface area contributed by atoms with Crippen LogP contribution >= 0.6 is 0 Å². The molecule has 1 aliphatic rings. The second kappa shape index (κ2) is 5.68. The Morgan fingerprint density at radius 3 is 2.81 bits per heavy atom. The van der Waals surface area contributed by atoms with Crippen molar-refractivity contribution < 1.29 is 4.92 Å². The van der Waals surface area contributed by atoms with Gasteiger partial charge >= 0.3 is 0 Å². The normalized spacial score (nSPS) is 22.1. The summed E-state index contributed by atoms with van der Waals surface area (Å²) in [6, 6.07) is 5.68. The van der Waals surface area contributed by atoms with Crippen LogP contribution in [0.3, 0.4) is 0 Å². The van der Waals surface area contributed by atoms with E-state index in [0.29, 0.717) is 17.3 Å². The predicted octanol–water partition coefficient (Wildman–Crippen LogP) is 4.13. The molecule has 5 nitrogen and oxygen atoms in total. The van der Waals surface area contributed by atoms with Crippen LogP contribution < -0.4 is 5.32 Å². The first-order valence-electron chi connectivity index (χ1n) is 7.44. The summed E-state index contributed by atoms with van der Waals surface area (Å²) in [6.45, 7) is 2.27. The van der Waals surface area contributed by atoms with Crippen molar-refractivity contribution >= 4 is 22.1 Å². The van der Waals surface area contributed by atoms with E-state index < -0.39 is 0 Å². The number of nitro benzene ring substituents is 1. The third kappa shape index (κ3) is 2.68. The van der Waals surface area contributed by atoms with Gasteiger partial charge in [-0.1, -0.05) is 19.8 Å². The maximum atomic E-state index is 11.1. The maximum Gasteiger partial charge on any atom is 0.278 e. The minimum Gasteiger partial charge on any atom is -0.382 e. The van der Waals surface area contributed by atoms with Gasteiger partial charge < -0.3 is 5.32 Å². The van der Waals surface area contributed by atoms with Gasteiger partial charge in [-0.15, -0.1) is 0 Å².